The van der Waals surface area contributed by atoms with Gasteiger partial charge in [0.2, 0.25) is 5.91 Å². The number of aromatic hydroxyl groups is 1. The number of carbonyl (C=O) groups is 2. The molecule has 3 aromatic rings. The summed E-state index contributed by atoms with van der Waals surface area (Å²) in [4.78, 5) is 30.3. The van der Waals surface area contributed by atoms with Gasteiger partial charge in [-0.05, 0) is 60.9 Å². The normalized spacial score (nSPS) is 20.4. The lowest BCUT2D eigenvalue weighted by Crippen LogP contribution is -2.43. The number of benzene rings is 3. The zero-order valence-corrected chi connectivity index (χ0v) is 18.8. The van der Waals surface area contributed by atoms with Gasteiger partial charge in [0.25, 0.3) is 5.91 Å². The summed E-state index contributed by atoms with van der Waals surface area (Å²) in [5, 5.41) is 15.2. The van der Waals surface area contributed by atoms with Crippen LogP contribution in [-0.4, -0.2) is 47.5 Å². The summed E-state index contributed by atoms with van der Waals surface area (Å²) in [6.07, 6.45) is 2.57. The number of carbonyl (C=O) groups excluding carboxylic acids is 2. The third-order valence-corrected chi connectivity index (χ3v) is 6.87. The number of phenols is 1. The molecule has 2 atom stereocenters. The van der Waals surface area contributed by atoms with Crippen LogP contribution in [0.4, 0.5) is 11.4 Å². The van der Waals surface area contributed by atoms with Crippen molar-refractivity contribution < 1.29 is 14.7 Å². The van der Waals surface area contributed by atoms with E-state index in [1.807, 2.05) is 48.5 Å². The highest BCUT2D eigenvalue weighted by molar-refractivity contribution is 6.06. The molecular weight excluding hydrogens is 414 g/mol. The van der Waals surface area contributed by atoms with E-state index in [0.29, 0.717) is 24.3 Å². The largest absolute Gasteiger partial charge is 0.506 e. The van der Waals surface area contributed by atoms with E-state index in [1.54, 1.807) is 17.0 Å². The third kappa shape index (κ3) is 4.13. The van der Waals surface area contributed by atoms with Crippen LogP contribution in [0.1, 0.15) is 36.5 Å². The first-order chi connectivity index (χ1) is 16.0. The predicted molar refractivity (Wildman–Crippen MR) is 131 cm³/mol. The van der Waals surface area contributed by atoms with Crippen molar-refractivity contribution in [2.24, 2.45) is 5.92 Å². The first kappa shape index (κ1) is 21.3. The van der Waals surface area contributed by atoms with Crippen molar-refractivity contribution in [1.29, 1.82) is 0 Å². The minimum Gasteiger partial charge on any atom is -0.506 e. The molecule has 2 N–H and O–H groups in total. The molecule has 6 heteroatoms. The number of fused-ring (bicyclic) bond motifs is 1. The first-order valence-corrected chi connectivity index (χ1v) is 11.7. The predicted octanol–water partition coefficient (Wildman–Crippen LogP) is 4.63. The zero-order chi connectivity index (χ0) is 22.9. The molecule has 2 heterocycles. The lowest BCUT2D eigenvalue weighted by atomic mass is 10.0. The van der Waals surface area contributed by atoms with E-state index in [1.165, 1.54) is 12.1 Å². The number of phenolic OH excluding ortho intramolecular Hbond substituents is 1. The molecule has 2 saturated heterocycles. The van der Waals surface area contributed by atoms with Gasteiger partial charge in [0.1, 0.15) is 11.8 Å². The van der Waals surface area contributed by atoms with Crippen LogP contribution in [0.25, 0.3) is 10.8 Å². The molecule has 6 nitrogen and oxygen atoms in total. The van der Waals surface area contributed by atoms with Gasteiger partial charge in [0, 0.05) is 36.4 Å². The minimum absolute atomic E-state index is 0.0315. The third-order valence-electron chi connectivity index (χ3n) is 6.87. The standard InChI is InChI=1S/C27H29N3O3/c1-18-14-16-29(17-18)21-11-9-20(10-12-21)28-26(32)24-7-4-15-30(24)27(33)23-13-8-19-5-2-3-6-22(19)25(23)31/h2-3,5-6,8-13,18,24,31H,4,7,14-17H2,1H3,(H,28,32). The van der Waals surface area contributed by atoms with Crippen LogP contribution in [0.2, 0.25) is 0 Å². The second-order valence-corrected chi connectivity index (χ2v) is 9.22. The van der Waals surface area contributed by atoms with Crippen molar-refractivity contribution in [2.75, 3.05) is 29.9 Å². The average Bonchev–Trinajstić information content (AvgIpc) is 3.49. The monoisotopic (exact) mass is 443 g/mol. The number of nitrogens with one attached hydrogen (secondary N) is 1. The van der Waals surface area contributed by atoms with Gasteiger partial charge in [-0.25, -0.2) is 0 Å². The molecule has 0 aromatic heterocycles. The fourth-order valence-electron chi connectivity index (χ4n) is 5.02. The number of nitrogens with zero attached hydrogens (tertiary/aromatic N) is 2. The van der Waals surface area contributed by atoms with Crippen LogP contribution in [0.3, 0.4) is 0 Å². The highest BCUT2D eigenvalue weighted by atomic mass is 16.3. The highest BCUT2D eigenvalue weighted by Crippen LogP contribution is 2.32. The fraction of sp³-hybridized carbons (Fsp3) is 0.333. The Labute approximate surface area is 193 Å². The zero-order valence-electron chi connectivity index (χ0n) is 18.8. The summed E-state index contributed by atoms with van der Waals surface area (Å²) in [5.41, 5.74) is 2.13. The van der Waals surface area contributed by atoms with Crippen LogP contribution in [-0.2, 0) is 4.79 Å². The van der Waals surface area contributed by atoms with E-state index in [0.717, 1.165) is 30.6 Å². The van der Waals surface area contributed by atoms with Gasteiger partial charge >= 0.3 is 0 Å². The lowest BCUT2D eigenvalue weighted by Gasteiger charge is -2.25. The number of amides is 2. The molecule has 5 rings (SSSR count). The lowest BCUT2D eigenvalue weighted by molar-refractivity contribution is -0.119. The van der Waals surface area contributed by atoms with Gasteiger partial charge < -0.3 is 20.2 Å². The summed E-state index contributed by atoms with van der Waals surface area (Å²) >= 11 is 0. The van der Waals surface area contributed by atoms with Crippen LogP contribution in [0.5, 0.6) is 5.75 Å². The van der Waals surface area contributed by atoms with Gasteiger partial charge in [-0.2, -0.15) is 0 Å². The smallest absolute Gasteiger partial charge is 0.258 e. The Balaban J connectivity index is 1.30. The van der Waals surface area contributed by atoms with Crippen molar-refractivity contribution >= 4 is 34.0 Å². The summed E-state index contributed by atoms with van der Waals surface area (Å²) in [6.45, 7) is 4.89. The van der Waals surface area contributed by atoms with Crippen molar-refractivity contribution in [3.8, 4) is 5.75 Å². The Morgan fingerprint density at radius 2 is 1.76 bits per heavy atom. The second kappa shape index (κ2) is 8.77. The highest BCUT2D eigenvalue weighted by Gasteiger charge is 2.35. The molecule has 3 aromatic carbocycles. The fourth-order valence-corrected chi connectivity index (χ4v) is 5.02. The Bertz CT molecular complexity index is 1190. The van der Waals surface area contributed by atoms with E-state index in [4.69, 9.17) is 0 Å². The topological polar surface area (TPSA) is 72.9 Å². The molecule has 0 radical (unpaired) electrons. The van der Waals surface area contributed by atoms with Crippen LogP contribution in [0.15, 0.2) is 60.7 Å². The number of hydrogen-bond acceptors (Lipinski definition) is 4. The number of anilines is 2. The van der Waals surface area contributed by atoms with E-state index < -0.39 is 6.04 Å². The molecule has 2 unspecified atom stereocenters. The van der Waals surface area contributed by atoms with E-state index >= 15 is 0 Å². The quantitative estimate of drug-likeness (QED) is 0.616. The second-order valence-electron chi connectivity index (χ2n) is 9.22. The molecule has 170 valence electrons. The van der Waals surface area contributed by atoms with Gasteiger partial charge in [-0.15, -0.1) is 0 Å². The molecule has 0 bridgehead atoms. The van der Waals surface area contributed by atoms with Crippen molar-refractivity contribution in [1.82, 2.24) is 4.90 Å². The van der Waals surface area contributed by atoms with E-state index in [2.05, 4.69) is 17.1 Å². The van der Waals surface area contributed by atoms with Crippen molar-refractivity contribution in [3.05, 3.63) is 66.2 Å². The number of rotatable bonds is 4. The van der Waals surface area contributed by atoms with Crippen molar-refractivity contribution in [3.63, 3.8) is 0 Å². The maximum absolute atomic E-state index is 13.3. The van der Waals surface area contributed by atoms with Crippen molar-refractivity contribution in [2.45, 2.75) is 32.2 Å². The molecule has 2 amide bonds. The summed E-state index contributed by atoms with van der Waals surface area (Å²) in [6, 6.07) is 18.3. The summed E-state index contributed by atoms with van der Waals surface area (Å²) in [7, 11) is 0. The van der Waals surface area contributed by atoms with Crippen LogP contribution >= 0.6 is 0 Å². The van der Waals surface area contributed by atoms with Gasteiger partial charge in [0.05, 0.1) is 5.56 Å². The molecule has 33 heavy (non-hydrogen) atoms. The van der Waals surface area contributed by atoms with Gasteiger partial charge in [-0.3, -0.25) is 9.59 Å². The number of hydrogen-bond donors (Lipinski definition) is 2. The van der Waals surface area contributed by atoms with E-state index in [9.17, 15) is 14.7 Å². The molecule has 2 aliphatic heterocycles. The van der Waals surface area contributed by atoms with Gasteiger partial charge in [-0.1, -0.05) is 37.3 Å². The minimum atomic E-state index is -0.553. The Kier molecular flexibility index (Phi) is 5.67. The molecular formula is C27H29N3O3. The maximum Gasteiger partial charge on any atom is 0.258 e. The average molecular weight is 444 g/mol. The first-order valence-electron chi connectivity index (χ1n) is 11.7. The summed E-state index contributed by atoms with van der Waals surface area (Å²) in [5.74, 6) is 0.173. The Hall–Kier alpha value is -3.54. The molecule has 0 spiro atoms. The maximum atomic E-state index is 13.3. The molecule has 0 aliphatic carbocycles. The van der Waals surface area contributed by atoms with Crippen LogP contribution in [0, 0.1) is 5.92 Å². The molecule has 2 aliphatic rings. The summed E-state index contributed by atoms with van der Waals surface area (Å²) < 4.78 is 0. The molecule has 2 fully saturated rings. The Morgan fingerprint density at radius 1 is 0.970 bits per heavy atom. The number of likely N-dealkylation sites (tertiary alicyclic amines) is 1. The SMILES string of the molecule is CC1CCN(c2ccc(NC(=O)C3CCCN3C(=O)c3ccc4ccccc4c3O)cc2)C1. The van der Waals surface area contributed by atoms with Crippen LogP contribution < -0.4 is 10.2 Å². The molecule has 0 saturated carbocycles. The van der Waals surface area contributed by atoms with Gasteiger partial charge in [0.15, 0.2) is 0 Å². The van der Waals surface area contributed by atoms with E-state index in [-0.39, 0.29) is 23.1 Å². The Morgan fingerprint density at radius 3 is 2.52 bits per heavy atom.